The lowest BCUT2D eigenvalue weighted by molar-refractivity contribution is -0.125. The Kier molecular flexibility index (Phi) is 5.99. The highest BCUT2D eigenvalue weighted by atomic mass is 16.1. The van der Waals surface area contributed by atoms with Crippen LogP contribution in [0.4, 0.5) is 5.82 Å². The van der Waals surface area contributed by atoms with E-state index in [9.17, 15) is 4.79 Å². The summed E-state index contributed by atoms with van der Waals surface area (Å²) >= 11 is 0. The van der Waals surface area contributed by atoms with Crippen molar-refractivity contribution in [2.24, 2.45) is 5.92 Å². The molecule has 0 atom stereocenters. The van der Waals surface area contributed by atoms with Gasteiger partial charge in [0, 0.05) is 32.3 Å². The first-order valence-corrected chi connectivity index (χ1v) is 7.85. The molecule has 21 heavy (non-hydrogen) atoms. The van der Waals surface area contributed by atoms with Crippen molar-refractivity contribution >= 4 is 11.7 Å². The van der Waals surface area contributed by atoms with Crippen molar-refractivity contribution in [3.05, 3.63) is 23.9 Å². The predicted molar refractivity (Wildman–Crippen MR) is 85.1 cm³/mol. The van der Waals surface area contributed by atoms with Gasteiger partial charge in [-0.1, -0.05) is 13.0 Å². The van der Waals surface area contributed by atoms with E-state index in [-0.39, 0.29) is 11.8 Å². The monoisotopic (exact) mass is 290 g/mol. The molecule has 0 saturated carbocycles. The molecule has 0 unspecified atom stereocenters. The molecule has 0 aromatic carbocycles. The smallest absolute Gasteiger partial charge is 0.222 e. The van der Waals surface area contributed by atoms with Gasteiger partial charge >= 0.3 is 0 Å². The van der Waals surface area contributed by atoms with Crippen LogP contribution in [0.5, 0.6) is 0 Å². The number of rotatable bonds is 6. The Morgan fingerprint density at radius 1 is 1.38 bits per heavy atom. The molecular formula is C16H26N4O. The average molecular weight is 290 g/mol. The lowest BCUT2D eigenvalue weighted by Gasteiger charge is -2.30. The van der Waals surface area contributed by atoms with Gasteiger partial charge in [0.2, 0.25) is 5.91 Å². The standard InChI is InChI=1S/C16H26N4O/c1-3-8-18-15-5-4-13(11-19-15)12-20-9-6-14(7-10-20)16(21)17-2/h4-5,11,14H,3,6-10,12H2,1-2H3,(H,17,21)(H,18,19). The summed E-state index contributed by atoms with van der Waals surface area (Å²) < 4.78 is 0. The maximum absolute atomic E-state index is 11.6. The van der Waals surface area contributed by atoms with Crippen LogP contribution in [-0.4, -0.2) is 42.5 Å². The van der Waals surface area contributed by atoms with Crippen molar-refractivity contribution < 1.29 is 4.79 Å². The molecule has 2 rings (SSSR count). The highest BCUT2D eigenvalue weighted by Crippen LogP contribution is 2.19. The van der Waals surface area contributed by atoms with E-state index in [1.54, 1.807) is 7.05 Å². The molecule has 1 aromatic heterocycles. The number of nitrogens with zero attached hydrogens (tertiary/aromatic N) is 2. The summed E-state index contributed by atoms with van der Waals surface area (Å²) in [7, 11) is 1.72. The van der Waals surface area contributed by atoms with Gasteiger partial charge in [-0.25, -0.2) is 4.98 Å². The Bertz CT molecular complexity index is 438. The molecule has 116 valence electrons. The minimum Gasteiger partial charge on any atom is -0.370 e. The van der Waals surface area contributed by atoms with Crippen LogP contribution in [0.3, 0.4) is 0 Å². The summed E-state index contributed by atoms with van der Waals surface area (Å²) in [4.78, 5) is 18.4. The SMILES string of the molecule is CCCNc1ccc(CN2CCC(C(=O)NC)CC2)cn1. The fraction of sp³-hybridized carbons (Fsp3) is 0.625. The summed E-state index contributed by atoms with van der Waals surface area (Å²) in [5.74, 6) is 1.31. The van der Waals surface area contributed by atoms with Crippen molar-refractivity contribution in [1.29, 1.82) is 0 Å². The Labute approximate surface area is 127 Å². The van der Waals surface area contributed by atoms with Crippen LogP contribution < -0.4 is 10.6 Å². The Morgan fingerprint density at radius 3 is 2.71 bits per heavy atom. The maximum Gasteiger partial charge on any atom is 0.222 e. The van der Waals surface area contributed by atoms with Gasteiger partial charge in [-0.05, 0) is 44.0 Å². The first-order chi connectivity index (χ1) is 10.2. The lowest BCUT2D eigenvalue weighted by Crippen LogP contribution is -2.39. The second kappa shape index (κ2) is 7.98. The number of aromatic nitrogens is 1. The van der Waals surface area contributed by atoms with E-state index in [0.717, 1.165) is 51.3 Å². The summed E-state index contributed by atoms with van der Waals surface area (Å²) in [6.45, 7) is 5.98. The van der Waals surface area contributed by atoms with Crippen LogP contribution in [0, 0.1) is 5.92 Å². The largest absolute Gasteiger partial charge is 0.370 e. The summed E-state index contributed by atoms with van der Waals surface area (Å²) in [5.41, 5.74) is 1.23. The van der Waals surface area contributed by atoms with Crippen LogP contribution >= 0.6 is 0 Å². The molecular weight excluding hydrogens is 264 g/mol. The van der Waals surface area contributed by atoms with Gasteiger partial charge in [-0.2, -0.15) is 0 Å². The number of anilines is 1. The average Bonchev–Trinajstić information content (AvgIpc) is 2.54. The van der Waals surface area contributed by atoms with Gasteiger partial charge < -0.3 is 10.6 Å². The molecule has 0 aliphatic carbocycles. The quantitative estimate of drug-likeness (QED) is 0.839. The highest BCUT2D eigenvalue weighted by molar-refractivity contribution is 5.78. The zero-order valence-electron chi connectivity index (χ0n) is 13.1. The van der Waals surface area contributed by atoms with E-state index >= 15 is 0 Å². The minimum absolute atomic E-state index is 0.183. The van der Waals surface area contributed by atoms with Crippen LogP contribution in [0.15, 0.2) is 18.3 Å². The van der Waals surface area contributed by atoms with Crippen molar-refractivity contribution in [2.75, 3.05) is 32.0 Å². The topological polar surface area (TPSA) is 57.3 Å². The molecule has 5 nitrogen and oxygen atoms in total. The van der Waals surface area contributed by atoms with Crippen molar-refractivity contribution in [2.45, 2.75) is 32.7 Å². The Hall–Kier alpha value is -1.62. The van der Waals surface area contributed by atoms with Gasteiger partial charge in [0.15, 0.2) is 0 Å². The van der Waals surface area contributed by atoms with Crippen LogP contribution in [0.1, 0.15) is 31.7 Å². The number of carbonyl (C=O) groups excluding carboxylic acids is 1. The van der Waals surface area contributed by atoms with Gasteiger partial charge in [0.1, 0.15) is 5.82 Å². The third-order valence-corrected chi connectivity index (χ3v) is 3.99. The molecule has 2 heterocycles. The summed E-state index contributed by atoms with van der Waals surface area (Å²) in [5, 5.41) is 6.03. The molecule has 1 amide bonds. The number of piperidine rings is 1. The Morgan fingerprint density at radius 2 is 2.14 bits per heavy atom. The predicted octanol–water partition coefficient (Wildman–Crippen LogP) is 1.86. The molecule has 0 radical (unpaired) electrons. The van der Waals surface area contributed by atoms with Gasteiger partial charge in [0.25, 0.3) is 0 Å². The fourth-order valence-electron chi connectivity index (χ4n) is 2.69. The van der Waals surface area contributed by atoms with Crippen molar-refractivity contribution in [3.63, 3.8) is 0 Å². The third kappa shape index (κ3) is 4.70. The fourth-order valence-corrected chi connectivity index (χ4v) is 2.69. The first kappa shape index (κ1) is 15.8. The van der Waals surface area contributed by atoms with Crippen molar-refractivity contribution in [3.8, 4) is 0 Å². The third-order valence-electron chi connectivity index (χ3n) is 3.99. The van der Waals surface area contributed by atoms with E-state index in [1.807, 2.05) is 12.3 Å². The highest BCUT2D eigenvalue weighted by Gasteiger charge is 2.23. The molecule has 1 aliphatic heterocycles. The first-order valence-electron chi connectivity index (χ1n) is 7.85. The van der Waals surface area contributed by atoms with Gasteiger partial charge in [-0.3, -0.25) is 9.69 Å². The summed E-state index contributed by atoms with van der Waals surface area (Å²) in [6, 6.07) is 4.18. The Balaban J connectivity index is 1.79. The molecule has 1 fully saturated rings. The molecule has 1 saturated heterocycles. The molecule has 2 N–H and O–H groups in total. The maximum atomic E-state index is 11.6. The molecule has 0 bridgehead atoms. The molecule has 1 aliphatic rings. The minimum atomic E-state index is 0.183. The number of carbonyl (C=O) groups is 1. The molecule has 5 heteroatoms. The number of nitrogens with one attached hydrogen (secondary N) is 2. The van der Waals surface area contributed by atoms with E-state index < -0.39 is 0 Å². The van der Waals surface area contributed by atoms with Crippen molar-refractivity contribution in [1.82, 2.24) is 15.2 Å². The van der Waals surface area contributed by atoms with Gasteiger partial charge in [0.05, 0.1) is 0 Å². The van der Waals surface area contributed by atoms with Crippen LogP contribution in [0.25, 0.3) is 0 Å². The van der Waals surface area contributed by atoms with E-state index in [4.69, 9.17) is 0 Å². The number of hydrogen-bond donors (Lipinski definition) is 2. The summed E-state index contributed by atoms with van der Waals surface area (Å²) in [6.07, 6.45) is 4.94. The second-order valence-corrected chi connectivity index (χ2v) is 5.64. The second-order valence-electron chi connectivity index (χ2n) is 5.64. The number of likely N-dealkylation sites (tertiary alicyclic amines) is 1. The van der Waals surface area contributed by atoms with E-state index in [1.165, 1.54) is 5.56 Å². The zero-order chi connectivity index (χ0) is 15.1. The lowest BCUT2D eigenvalue weighted by atomic mass is 9.96. The normalized spacial score (nSPS) is 16.7. The zero-order valence-corrected chi connectivity index (χ0v) is 13.1. The van der Waals surface area contributed by atoms with Gasteiger partial charge in [-0.15, -0.1) is 0 Å². The number of pyridine rings is 1. The van der Waals surface area contributed by atoms with Crippen LogP contribution in [0.2, 0.25) is 0 Å². The van der Waals surface area contributed by atoms with Crippen LogP contribution in [-0.2, 0) is 11.3 Å². The van der Waals surface area contributed by atoms with E-state index in [0.29, 0.717) is 0 Å². The molecule has 1 aromatic rings. The number of amides is 1. The van der Waals surface area contributed by atoms with E-state index in [2.05, 4.69) is 33.5 Å². The molecule has 0 spiro atoms. The number of hydrogen-bond acceptors (Lipinski definition) is 4.